The highest BCUT2D eigenvalue weighted by Gasteiger charge is 2.49. The molecule has 0 aliphatic heterocycles. The number of hydrogen-bond acceptors (Lipinski definition) is 10. The zero-order valence-electron chi connectivity index (χ0n) is 25.3. The predicted molar refractivity (Wildman–Crippen MR) is 149 cm³/mol. The minimum atomic E-state index is -5.79. The summed E-state index contributed by atoms with van der Waals surface area (Å²) in [6, 6.07) is -1.76. The minimum absolute atomic E-state index is 0.241. The highest BCUT2D eigenvalue weighted by molar-refractivity contribution is 7.87. The van der Waals surface area contributed by atoms with Crippen LogP contribution in [-0.4, -0.2) is 46.7 Å². The van der Waals surface area contributed by atoms with Crippen molar-refractivity contribution in [3.63, 3.8) is 0 Å². The summed E-state index contributed by atoms with van der Waals surface area (Å²) in [5.74, 6) is -8.97. The van der Waals surface area contributed by atoms with E-state index in [0.717, 1.165) is 12.2 Å². The molecule has 7 rings (SSSR count). The Morgan fingerprint density at radius 1 is 0.444 bits per heavy atom. The van der Waals surface area contributed by atoms with E-state index in [9.17, 15) is 89.9 Å². The summed E-state index contributed by atoms with van der Waals surface area (Å²) in [7, 11) is -11.6. The molecule has 0 saturated carbocycles. The molecule has 0 unspecified atom stereocenters. The highest BCUT2D eigenvalue weighted by Crippen LogP contribution is 2.60. The lowest BCUT2D eigenvalue weighted by atomic mass is 9.70. The van der Waals surface area contributed by atoms with Gasteiger partial charge in [-0.1, -0.05) is 21.6 Å². The van der Waals surface area contributed by atoms with E-state index < -0.39 is 147 Å². The van der Waals surface area contributed by atoms with E-state index in [0.29, 0.717) is 0 Å². The molecule has 4 N–H and O–H groups in total. The van der Waals surface area contributed by atoms with Gasteiger partial charge in [0.05, 0.1) is 22.3 Å². The van der Waals surface area contributed by atoms with Crippen LogP contribution >= 0.6 is 0 Å². The van der Waals surface area contributed by atoms with E-state index >= 15 is 0 Å². The van der Waals surface area contributed by atoms with Gasteiger partial charge in [-0.2, -0.15) is 69.5 Å². The number of aromatic hydroxyl groups is 4. The van der Waals surface area contributed by atoms with Crippen LogP contribution in [0.2, 0.25) is 0 Å². The van der Waals surface area contributed by atoms with Crippen LogP contribution in [0.25, 0.3) is 0 Å². The summed E-state index contributed by atoms with van der Waals surface area (Å²) in [5, 5.41) is 43.7. The third-order valence-electron chi connectivity index (χ3n) is 8.10. The van der Waals surface area contributed by atoms with Crippen molar-refractivity contribution in [3.05, 3.63) is 93.1 Å². The van der Waals surface area contributed by atoms with Gasteiger partial charge in [0.15, 0.2) is 0 Å². The Morgan fingerprint density at radius 3 is 0.870 bits per heavy atom. The van der Waals surface area contributed by atoms with Crippen molar-refractivity contribution < 1.29 is 98.5 Å². The number of nitrogens with zero attached hydrogens (tertiary/aromatic N) is 2. The molecule has 3 aliphatic carbocycles. The molecule has 2 heterocycles. The fraction of sp³-hybridized carbons (Fsp3) is 0.214. The summed E-state index contributed by atoms with van der Waals surface area (Å²) >= 11 is 0. The van der Waals surface area contributed by atoms with Gasteiger partial charge in [-0.05, 0) is 36.4 Å². The molecular formula is C28H14F12N2O10S2. The van der Waals surface area contributed by atoms with Crippen LogP contribution < -0.4 is 8.57 Å². The van der Waals surface area contributed by atoms with E-state index in [1.54, 1.807) is 0 Å². The highest BCUT2D eigenvalue weighted by atomic mass is 32.2. The molecule has 4 aromatic rings. The predicted octanol–water partition coefficient (Wildman–Crippen LogP) is 5.97. The first-order valence-electron chi connectivity index (χ1n) is 13.9. The zero-order chi connectivity index (χ0) is 40.5. The zero-order valence-corrected chi connectivity index (χ0v) is 26.9. The SMILES string of the molecule is O=S(=O)(On1c(O)c2c(c1O)C1C=CC2c2c1c(O)n(OS(=O)(=O)c1cc(C(F)(F)F)cc(C(F)(F)F)c1)c2O)c1cc(C(F)(F)F)cc(C(F)(F)F)c1. The van der Waals surface area contributed by atoms with Gasteiger partial charge >= 0.3 is 44.9 Å². The topological polar surface area (TPSA) is 178 Å². The standard InChI is InChI=1S/C28H14F12N2O10S2/c29-25(30,31)9-3-10(26(32,33)34)6-13(5-9)53(47,48)51-41-21(43)17-15-1-2-16(19(17)23(41)45)20-18(15)22(44)42(24(20)46)52-54(49,50)14-7-11(27(35,36)37)4-12(8-14)28(38,39)40/h1-8,15-16,43-46H. The van der Waals surface area contributed by atoms with E-state index in [-0.39, 0.29) is 33.7 Å². The number of hydrogen-bond donors (Lipinski definition) is 4. The maximum absolute atomic E-state index is 13.4. The molecule has 2 aromatic heterocycles. The fourth-order valence-electron chi connectivity index (χ4n) is 5.81. The van der Waals surface area contributed by atoms with Crippen LogP contribution in [0.1, 0.15) is 56.3 Å². The second-order valence-electron chi connectivity index (χ2n) is 11.4. The van der Waals surface area contributed by atoms with Crippen LogP contribution in [0.4, 0.5) is 52.7 Å². The molecule has 292 valence electrons. The molecule has 2 bridgehead atoms. The molecule has 0 saturated heterocycles. The molecule has 0 atom stereocenters. The average molecular weight is 831 g/mol. The van der Waals surface area contributed by atoms with Gasteiger partial charge in [0.2, 0.25) is 23.5 Å². The van der Waals surface area contributed by atoms with Gasteiger partial charge in [-0.3, -0.25) is 8.57 Å². The molecule has 0 amide bonds. The van der Waals surface area contributed by atoms with Gasteiger partial charge in [0.25, 0.3) is 0 Å². The number of alkyl halides is 12. The first kappa shape index (κ1) is 38.3. The Hall–Kier alpha value is -5.40. The number of benzene rings is 2. The molecule has 0 spiro atoms. The van der Waals surface area contributed by atoms with Gasteiger partial charge < -0.3 is 20.4 Å². The van der Waals surface area contributed by atoms with E-state index in [2.05, 4.69) is 8.57 Å². The van der Waals surface area contributed by atoms with Crippen molar-refractivity contribution in [1.29, 1.82) is 0 Å². The van der Waals surface area contributed by atoms with Gasteiger partial charge in [0, 0.05) is 34.1 Å². The van der Waals surface area contributed by atoms with Crippen LogP contribution in [-0.2, 0) is 44.9 Å². The monoisotopic (exact) mass is 830 g/mol. The van der Waals surface area contributed by atoms with E-state index in [1.165, 1.54) is 0 Å². The summed E-state index contributed by atoms with van der Waals surface area (Å²) in [5.41, 5.74) is -10.7. The Balaban J connectivity index is 1.41. The molecule has 0 radical (unpaired) electrons. The Kier molecular flexibility index (Phi) is 8.20. The van der Waals surface area contributed by atoms with Crippen LogP contribution in [0, 0.1) is 0 Å². The van der Waals surface area contributed by atoms with Crippen LogP contribution in [0.3, 0.4) is 0 Å². The quantitative estimate of drug-likeness (QED) is 0.134. The molecule has 0 fully saturated rings. The molecule has 3 aliphatic rings. The second-order valence-corrected chi connectivity index (χ2v) is 14.5. The number of halogens is 12. The summed E-state index contributed by atoms with van der Waals surface area (Å²) in [6.45, 7) is 0. The van der Waals surface area contributed by atoms with Crippen LogP contribution in [0.5, 0.6) is 23.5 Å². The van der Waals surface area contributed by atoms with Crippen molar-refractivity contribution in [2.45, 2.75) is 46.3 Å². The Labute approximate surface area is 291 Å². The first-order valence-corrected chi connectivity index (χ1v) is 16.8. The molecule has 54 heavy (non-hydrogen) atoms. The van der Waals surface area contributed by atoms with Crippen LogP contribution in [0.15, 0.2) is 58.3 Å². The maximum Gasteiger partial charge on any atom is 0.416 e. The van der Waals surface area contributed by atoms with Crippen molar-refractivity contribution in [3.8, 4) is 23.5 Å². The van der Waals surface area contributed by atoms with Crippen molar-refractivity contribution in [1.82, 2.24) is 9.46 Å². The van der Waals surface area contributed by atoms with Gasteiger partial charge in [-0.25, -0.2) is 0 Å². The summed E-state index contributed by atoms with van der Waals surface area (Å²) in [6.07, 6.45) is -19.9. The Morgan fingerprint density at radius 2 is 0.667 bits per heavy atom. The normalized spacial score (nSPS) is 17.4. The lowest BCUT2D eigenvalue weighted by Crippen LogP contribution is -2.22. The molecule has 2 aromatic carbocycles. The number of rotatable bonds is 6. The van der Waals surface area contributed by atoms with E-state index in [1.807, 2.05) is 0 Å². The molecule has 12 nitrogen and oxygen atoms in total. The van der Waals surface area contributed by atoms with Crippen molar-refractivity contribution in [2.75, 3.05) is 0 Å². The molecular weight excluding hydrogens is 816 g/mol. The van der Waals surface area contributed by atoms with E-state index in [4.69, 9.17) is 0 Å². The largest absolute Gasteiger partial charge is 0.492 e. The third kappa shape index (κ3) is 6.14. The van der Waals surface area contributed by atoms with Crippen molar-refractivity contribution in [2.24, 2.45) is 0 Å². The lowest BCUT2D eigenvalue weighted by Gasteiger charge is -2.30. The fourth-order valence-corrected chi connectivity index (χ4v) is 7.74. The lowest BCUT2D eigenvalue weighted by molar-refractivity contribution is -0.145. The van der Waals surface area contributed by atoms with Gasteiger partial charge in [-0.15, -0.1) is 0 Å². The average Bonchev–Trinajstić information content (AvgIpc) is 3.45. The first-order chi connectivity index (χ1) is 24.4. The minimum Gasteiger partial charge on any atom is -0.492 e. The smallest absolute Gasteiger partial charge is 0.416 e. The Bertz CT molecular complexity index is 2200. The number of aromatic nitrogens is 2. The number of allylic oxidation sites excluding steroid dienone is 2. The summed E-state index contributed by atoms with van der Waals surface area (Å²) in [4.78, 5) is -3.49. The van der Waals surface area contributed by atoms with Gasteiger partial charge in [0.1, 0.15) is 9.79 Å². The van der Waals surface area contributed by atoms with Crippen molar-refractivity contribution >= 4 is 20.2 Å². The molecule has 26 heteroatoms. The maximum atomic E-state index is 13.4. The third-order valence-corrected chi connectivity index (χ3v) is 10.4. The summed E-state index contributed by atoms with van der Waals surface area (Å²) < 4.78 is 221. The second kappa shape index (κ2) is 11.6.